The van der Waals surface area contributed by atoms with E-state index in [-0.39, 0.29) is 17.8 Å². The zero-order chi connectivity index (χ0) is 16.8. The maximum Gasteiger partial charge on any atom is 0.167 e. The summed E-state index contributed by atoms with van der Waals surface area (Å²) in [4.78, 5) is 8.42. The van der Waals surface area contributed by atoms with E-state index in [9.17, 15) is 9.50 Å². The summed E-state index contributed by atoms with van der Waals surface area (Å²) in [5, 5.41) is 13.9. The van der Waals surface area contributed by atoms with Gasteiger partial charge in [-0.25, -0.2) is 14.4 Å². The Hall–Kier alpha value is -1.95. The Labute approximate surface area is 140 Å². The Balaban J connectivity index is 1.56. The second-order valence-electron chi connectivity index (χ2n) is 7.44. The van der Waals surface area contributed by atoms with Crippen molar-refractivity contribution in [3.05, 3.63) is 24.3 Å². The Morgan fingerprint density at radius 2 is 2.08 bits per heavy atom. The fraction of sp³-hybridized carbons (Fsp3) is 0.556. The van der Waals surface area contributed by atoms with E-state index in [1.165, 1.54) is 38.8 Å². The molecule has 0 radical (unpaired) electrons. The quantitative estimate of drug-likeness (QED) is 0.881. The minimum absolute atomic E-state index is 0.0676. The Bertz CT molecular complexity index is 768. The molecule has 2 fully saturated rings. The number of ether oxygens (including phenoxy) is 1. The highest BCUT2D eigenvalue weighted by molar-refractivity contribution is 5.90. The molecule has 2 aliphatic rings. The van der Waals surface area contributed by atoms with Gasteiger partial charge in [0.1, 0.15) is 12.1 Å². The maximum atomic E-state index is 13.8. The van der Waals surface area contributed by atoms with Crippen molar-refractivity contribution in [2.45, 2.75) is 32.1 Å². The third-order valence-electron chi connectivity index (χ3n) is 5.79. The number of fused-ring (bicyclic) bond motifs is 1. The fourth-order valence-electron chi connectivity index (χ4n) is 4.49. The number of aromatic nitrogens is 2. The van der Waals surface area contributed by atoms with Crippen molar-refractivity contribution in [2.24, 2.45) is 10.8 Å². The maximum absolute atomic E-state index is 13.8. The van der Waals surface area contributed by atoms with Crippen molar-refractivity contribution in [1.29, 1.82) is 0 Å². The molecule has 24 heavy (non-hydrogen) atoms. The van der Waals surface area contributed by atoms with Gasteiger partial charge in [0.25, 0.3) is 0 Å². The lowest BCUT2D eigenvalue weighted by Crippen LogP contribution is -2.55. The number of hydrogen-bond acceptors (Lipinski definition) is 5. The lowest BCUT2D eigenvalue weighted by atomic mass is 9.45. The summed E-state index contributed by atoms with van der Waals surface area (Å²) < 4.78 is 18.9. The highest BCUT2D eigenvalue weighted by Crippen LogP contribution is 2.64. The van der Waals surface area contributed by atoms with Gasteiger partial charge in [-0.15, -0.1) is 0 Å². The van der Waals surface area contributed by atoms with Crippen LogP contribution < -0.4 is 10.1 Å². The molecule has 0 saturated heterocycles. The summed E-state index contributed by atoms with van der Waals surface area (Å²) in [7, 11) is 1.44. The van der Waals surface area contributed by atoms with E-state index in [1.54, 1.807) is 6.07 Å². The van der Waals surface area contributed by atoms with Gasteiger partial charge in [-0.1, -0.05) is 6.42 Å². The molecule has 2 aromatic rings. The molecule has 0 atom stereocenters. The van der Waals surface area contributed by atoms with Gasteiger partial charge in [-0.3, -0.25) is 0 Å². The van der Waals surface area contributed by atoms with Gasteiger partial charge in [0.15, 0.2) is 11.6 Å². The molecular formula is C18H22FN3O2. The molecule has 128 valence electrons. The van der Waals surface area contributed by atoms with Gasteiger partial charge in [0.05, 0.1) is 19.2 Å². The summed E-state index contributed by atoms with van der Waals surface area (Å²) in [5.41, 5.74) is 0.958. The standard InChI is InChI=1S/C18H22FN3O2/c1-24-15-5-12-14(6-13(15)19)21-11-22-16(12)20-9-18(10-23)7-17(8-18)3-2-4-17/h5-6,11,23H,2-4,7-10H2,1H3,(H,20,21,22). The molecule has 2 aliphatic carbocycles. The van der Waals surface area contributed by atoms with E-state index in [2.05, 4.69) is 15.3 Å². The van der Waals surface area contributed by atoms with Crippen LogP contribution in [0, 0.1) is 16.6 Å². The average Bonchev–Trinajstić information content (AvgIpc) is 2.52. The van der Waals surface area contributed by atoms with Gasteiger partial charge < -0.3 is 15.2 Å². The molecule has 0 aliphatic heterocycles. The predicted molar refractivity (Wildman–Crippen MR) is 89.6 cm³/mol. The van der Waals surface area contributed by atoms with Crippen molar-refractivity contribution in [2.75, 3.05) is 25.6 Å². The highest BCUT2D eigenvalue weighted by atomic mass is 19.1. The van der Waals surface area contributed by atoms with Crippen LogP contribution in [0.25, 0.3) is 10.9 Å². The van der Waals surface area contributed by atoms with Crippen molar-refractivity contribution in [1.82, 2.24) is 9.97 Å². The highest BCUT2D eigenvalue weighted by Gasteiger charge is 2.56. The minimum atomic E-state index is -0.438. The van der Waals surface area contributed by atoms with Crippen LogP contribution in [-0.4, -0.2) is 35.3 Å². The van der Waals surface area contributed by atoms with Gasteiger partial charge in [0, 0.05) is 23.4 Å². The number of anilines is 1. The molecular weight excluding hydrogens is 309 g/mol. The molecule has 1 aromatic heterocycles. The van der Waals surface area contributed by atoms with Crippen LogP contribution in [0.1, 0.15) is 32.1 Å². The smallest absolute Gasteiger partial charge is 0.167 e. The van der Waals surface area contributed by atoms with Crippen molar-refractivity contribution in [3.8, 4) is 5.75 Å². The fourth-order valence-corrected chi connectivity index (χ4v) is 4.49. The number of rotatable bonds is 5. The topological polar surface area (TPSA) is 67.3 Å². The van der Waals surface area contributed by atoms with E-state index in [1.807, 2.05) is 0 Å². The molecule has 0 bridgehead atoms. The third-order valence-corrected chi connectivity index (χ3v) is 5.79. The summed E-state index contributed by atoms with van der Waals surface area (Å²) in [6.07, 6.45) is 7.48. The van der Waals surface area contributed by atoms with Crippen LogP contribution >= 0.6 is 0 Å². The number of hydrogen-bond donors (Lipinski definition) is 2. The molecule has 2 N–H and O–H groups in total. The van der Waals surface area contributed by atoms with Gasteiger partial charge in [-0.05, 0) is 37.2 Å². The summed E-state index contributed by atoms with van der Waals surface area (Å²) in [5.74, 6) is 0.391. The Morgan fingerprint density at radius 1 is 1.29 bits per heavy atom. The van der Waals surface area contributed by atoms with Crippen LogP contribution in [0.2, 0.25) is 0 Å². The lowest BCUT2D eigenvalue weighted by Gasteiger charge is -2.60. The van der Waals surface area contributed by atoms with Crippen molar-refractivity contribution >= 4 is 16.7 Å². The van der Waals surface area contributed by atoms with Crippen LogP contribution in [0.5, 0.6) is 5.75 Å². The molecule has 0 amide bonds. The monoisotopic (exact) mass is 331 g/mol. The first-order valence-electron chi connectivity index (χ1n) is 8.42. The van der Waals surface area contributed by atoms with E-state index in [4.69, 9.17) is 4.74 Å². The van der Waals surface area contributed by atoms with E-state index in [0.29, 0.717) is 23.3 Å². The summed E-state index contributed by atoms with van der Waals surface area (Å²) in [6.45, 7) is 0.847. The second kappa shape index (κ2) is 5.55. The van der Waals surface area contributed by atoms with Gasteiger partial charge >= 0.3 is 0 Å². The average molecular weight is 331 g/mol. The molecule has 2 saturated carbocycles. The first kappa shape index (κ1) is 15.6. The van der Waals surface area contributed by atoms with Gasteiger partial charge in [-0.2, -0.15) is 0 Å². The number of benzene rings is 1. The molecule has 1 aromatic carbocycles. The van der Waals surface area contributed by atoms with Crippen LogP contribution in [0.3, 0.4) is 0 Å². The Morgan fingerprint density at radius 3 is 2.71 bits per heavy atom. The van der Waals surface area contributed by atoms with Crippen LogP contribution in [0.15, 0.2) is 18.5 Å². The zero-order valence-electron chi connectivity index (χ0n) is 13.8. The first-order chi connectivity index (χ1) is 11.6. The molecule has 0 unspecified atom stereocenters. The SMILES string of the molecule is COc1cc2c(NCC3(CO)CC4(CCC4)C3)ncnc2cc1F. The number of aliphatic hydroxyl groups is 1. The molecule has 1 spiro atoms. The molecule has 4 rings (SSSR count). The lowest BCUT2D eigenvalue weighted by molar-refractivity contribution is -0.113. The number of methoxy groups -OCH3 is 1. The van der Waals surface area contributed by atoms with Crippen LogP contribution in [0.4, 0.5) is 10.2 Å². The predicted octanol–water partition coefficient (Wildman–Crippen LogP) is 3.13. The van der Waals surface area contributed by atoms with E-state index in [0.717, 1.165) is 18.2 Å². The summed E-state index contributed by atoms with van der Waals surface area (Å²) in [6, 6.07) is 2.97. The summed E-state index contributed by atoms with van der Waals surface area (Å²) >= 11 is 0. The third kappa shape index (κ3) is 2.40. The molecule has 6 heteroatoms. The van der Waals surface area contributed by atoms with Crippen LogP contribution in [-0.2, 0) is 0 Å². The van der Waals surface area contributed by atoms with Crippen molar-refractivity contribution < 1.29 is 14.2 Å². The number of nitrogens with one attached hydrogen (secondary N) is 1. The van der Waals surface area contributed by atoms with Crippen molar-refractivity contribution in [3.63, 3.8) is 0 Å². The van der Waals surface area contributed by atoms with E-state index < -0.39 is 5.82 Å². The zero-order valence-corrected chi connectivity index (χ0v) is 13.8. The Kier molecular flexibility index (Phi) is 3.60. The minimum Gasteiger partial charge on any atom is -0.494 e. The van der Waals surface area contributed by atoms with Gasteiger partial charge in [0.2, 0.25) is 0 Å². The second-order valence-corrected chi connectivity index (χ2v) is 7.44. The first-order valence-corrected chi connectivity index (χ1v) is 8.42. The number of nitrogens with zero attached hydrogens (tertiary/aromatic N) is 2. The number of aliphatic hydroxyl groups excluding tert-OH is 1. The normalized spacial score (nSPS) is 20.5. The molecule has 5 nitrogen and oxygen atoms in total. The number of halogens is 1. The largest absolute Gasteiger partial charge is 0.494 e. The van der Waals surface area contributed by atoms with E-state index >= 15 is 0 Å². The molecule has 1 heterocycles.